The van der Waals surface area contributed by atoms with Gasteiger partial charge in [-0.1, -0.05) is 53.4 Å². The molecule has 0 spiro atoms. The zero-order chi connectivity index (χ0) is 24.0. The third kappa shape index (κ3) is 6.46. The minimum atomic E-state index is 0.230. The molecule has 1 atom stereocenters. The summed E-state index contributed by atoms with van der Waals surface area (Å²) in [6.07, 6.45) is 19.3. The molecule has 1 unspecified atom stereocenters. The molecule has 35 heavy (non-hydrogen) atoms. The summed E-state index contributed by atoms with van der Waals surface area (Å²) in [6.45, 7) is 2.21. The van der Waals surface area contributed by atoms with Crippen LogP contribution in [-0.4, -0.2) is 29.8 Å². The number of benzene rings is 2. The maximum atomic E-state index is 13.0. The van der Waals surface area contributed by atoms with Crippen LogP contribution < -0.4 is 0 Å². The zero-order valence-corrected chi connectivity index (χ0v) is 23.0. The number of nitrogens with zero attached hydrogens (tertiary/aromatic N) is 1. The lowest BCUT2D eigenvalue weighted by molar-refractivity contribution is 0.0612. The Bertz CT molecular complexity index is 1010. The van der Waals surface area contributed by atoms with Crippen LogP contribution in [0.25, 0.3) is 0 Å². The standard InChI is InChI=1S/C21H29NO.C11H13Br/c23-21(19-8-5-13-22(15-19)20-9-4-10-20)18-12-11-16-6-2-1-3-7-17(16)14-18;12-11-7-6-9-4-2-1-3-5-10(9)8-11/h11-12,14,19-20H,1-10,13,15H2;6-8H,1-5H2. The summed E-state index contributed by atoms with van der Waals surface area (Å²) in [5.74, 6) is 0.634. The average Bonchev–Trinajstić information content (AvgIpc) is 3.23. The Labute approximate surface area is 221 Å². The van der Waals surface area contributed by atoms with E-state index in [0.717, 1.165) is 31.0 Å². The van der Waals surface area contributed by atoms with Crippen LogP contribution in [0.4, 0.5) is 0 Å². The summed E-state index contributed by atoms with van der Waals surface area (Å²) in [6, 6.07) is 14.0. The molecule has 0 N–H and O–H groups in total. The van der Waals surface area contributed by atoms with E-state index in [4.69, 9.17) is 0 Å². The van der Waals surface area contributed by atoms with Crippen molar-refractivity contribution >= 4 is 21.7 Å². The fraction of sp³-hybridized carbons (Fsp3) is 0.594. The summed E-state index contributed by atoms with van der Waals surface area (Å²) in [4.78, 5) is 15.6. The first-order valence-electron chi connectivity index (χ1n) is 14.3. The summed E-state index contributed by atoms with van der Waals surface area (Å²) >= 11 is 3.52. The maximum Gasteiger partial charge on any atom is 0.167 e. The molecule has 2 aromatic carbocycles. The van der Waals surface area contributed by atoms with Gasteiger partial charge in [-0.2, -0.15) is 0 Å². The van der Waals surface area contributed by atoms with Crippen LogP contribution in [0.15, 0.2) is 40.9 Å². The number of hydrogen-bond donors (Lipinski definition) is 0. The smallest absolute Gasteiger partial charge is 0.167 e. The van der Waals surface area contributed by atoms with Gasteiger partial charge in [0.05, 0.1) is 0 Å². The molecule has 6 rings (SSSR count). The normalized spacial score (nSPS) is 22.9. The fourth-order valence-corrected chi connectivity index (χ4v) is 6.89. The molecule has 1 saturated carbocycles. The number of fused-ring (bicyclic) bond motifs is 2. The third-order valence-electron chi connectivity index (χ3n) is 8.86. The van der Waals surface area contributed by atoms with Gasteiger partial charge in [0.15, 0.2) is 5.78 Å². The van der Waals surface area contributed by atoms with Gasteiger partial charge in [0.2, 0.25) is 0 Å². The summed E-state index contributed by atoms with van der Waals surface area (Å²) in [5.41, 5.74) is 7.03. The predicted octanol–water partition coefficient (Wildman–Crippen LogP) is 8.12. The van der Waals surface area contributed by atoms with Crippen molar-refractivity contribution in [2.75, 3.05) is 13.1 Å². The number of hydrogen-bond acceptors (Lipinski definition) is 2. The van der Waals surface area contributed by atoms with Gasteiger partial charge in [-0.05, 0) is 124 Å². The van der Waals surface area contributed by atoms with Gasteiger partial charge in [0.1, 0.15) is 0 Å². The number of rotatable bonds is 3. The summed E-state index contributed by atoms with van der Waals surface area (Å²) in [5, 5.41) is 0. The van der Waals surface area contributed by atoms with Crippen molar-refractivity contribution in [3.8, 4) is 0 Å². The van der Waals surface area contributed by atoms with Crippen LogP contribution in [0.5, 0.6) is 0 Å². The molecule has 188 valence electrons. The van der Waals surface area contributed by atoms with E-state index in [1.807, 2.05) is 0 Å². The number of piperidine rings is 1. The number of ketones is 1. The summed E-state index contributed by atoms with van der Waals surface area (Å²) in [7, 11) is 0. The molecule has 3 aliphatic carbocycles. The second kappa shape index (κ2) is 12.2. The van der Waals surface area contributed by atoms with Crippen molar-refractivity contribution in [1.29, 1.82) is 0 Å². The molecule has 0 aromatic heterocycles. The molecule has 2 nitrogen and oxygen atoms in total. The van der Waals surface area contributed by atoms with Gasteiger partial charge < -0.3 is 0 Å². The first-order chi connectivity index (χ1) is 17.2. The lowest BCUT2D eigenvalue weighted by Gasteiger charge is -2.42. The predicted molar refractivity (Wildman–Crippen MR) is 149 cm³/mol. The van der Waals surface area contributed by atoms with Crippen LogP contribution in [0.2, 0.25) is 0 Å². The molecule has 1 heterocycles. The molecule has 2 fully saturated rings. The highest BCUT2D eigenvalue weighted by Gasteiger charge is 2.32. The van der Waals surface area contributed by atoms with Crippen LogP contribution >= 0.6 is 15.9 Å². The van der Waals surface area contributed by atoms with Crippen molar-refractivity contribution in [3.05, 3.63) is 68.7 Å². The largest absolute Gasteiger partial charge is 0.300 e. The van der Waals surface area contributed by atoms with E-state index >= 15 is 0 Å². The van der Waals surface area contributed by atoms with E-state index in [-0.39, 0.29) is 5.92 Å². The van der Waals surface area contributed by atoms with Crippen molar-refractivity contribution in [1.82, 2.24) is 4.90 Å². The second-order valence-electron chi connectivity index (χ2n) is 11.3. The molecule has 0 amide bonds. The SMILES string of the molecule is Brc1ccc2c(c1)CCCCC2.O=C(c1ccc2c(c1)CCCCC2)C1CCCN(C2CCC2)C1. The lowest BCUT2D eigenvalue weighted by Crippen LogP contribution is -2.47. The van der Waals surface area contributed by atoms with Gasteiger partial charge in [-0.3, -0.25) is 9.69 Å². The molecule has 1 saturated heterocycles. The van der Waals surface area contributed by atoms with E-state index in [2.05, 4.69) is 57.2 Å². The van der Waals surface area contributed by atoms with Gasteiger partial charge in [0.25, 0.3) is 0 Å². The Kier molecular flexibility index (Phi) is 8.78. The van der Waals surface area contributed by atoms with E-state index < -0.39 is 0 Å². The summed E-state index contributed by atoms with van der Waals surface area (Å²) < 4.78 is 1.23. The second-order valence-corrected chi connectivity index (χ2v) is 12.2. The monoisotopic (exact) mass is 535 g/mol. The first kappa shape index (κ1) is 25.2. The molecule has 3 heteroatoms. The van der Waals surface area contributed by atoms with E-state index in [9.17, 15) is 4.79 Å². The Morgan fingerprint density at radius 2 is 1.31 bits per heavy atom. The number of Topliss-reactive ketones (excluding diaryl/α,β-unsaturated/α-hetero) is 1. The van der Waals surface area contributed by atoms with Crippen molar-refractivity contribution < 1.29 is 4.79 Å². The Hall–Kier alpha value is -1.45. The Balaban J connectivity index is 0.000000178. The van der Waals surface area contributed by atoms with Gasteiger partial charge in [0, 0.05) is 28.5 Å². The molecule has 0 bridgehead atoms. The highest BCUT2D eigenvalue weighted by molar-refractivity contribution is 9.10. The number of aryl methyl sites for hydroxylation is 4. The highest BCUT2D eigenvalue weighted by Crippen LogP contribution is 2.31. The topological polar surface area (TPSA) is 20.3 Å². The number of carbonyl (C=O) groups is 1. The van der Waals surface area contributed by atoms with Gasteiger partial charge in [-0.15, -0.1) is 0 Å². The maximum absolute atomic E-state index is 13.0. The van der Waals surface area contributed by atoms with Crippen molar-refractivity contribution in [3.63, 3.8) is 0 Å². The zero-order valence-electron chi connectivity index (χ0n) is 21.4. The van der Waals surface area contributed by atoms with E-state index in [1.165, 1.54) is 106 Å². The van der Waals surface area contributed by atoms with Crippen molar-refractivity contribution in [2.45, 2.75) is 102 Å². The Morgan fingerprint density at radius 1 is 0.686 bits per heavy atom. The molecule has 2 aromatic rings. The van der Waals surface area contributed by atoms with E-state index in [0.29, 0.717) is 5.78 Å². The van der Waals surface area contributed by atoms with Crippen LogP contribution in [-0.2, 0) is 25.7 Å². The molecular weight excluding hydrogens is 494 g/mol. The molecular formula is C32H42BrNO. The number of halogens is 1. The molecule has 0 radical (unpaired) electrons. The Morgan fingerprint density at radius 3 is 1.97 bits per heavy atom. The van der Waals surface area contributed by atoms with Crippen molar-refractivity contribution in [2.24, 2.45) is 5.92 Å². The van der Waals surface area contributed by atoms with Crippen LogP contribution in [0.3, 0.4) is 0 Å². The number of likely N-dealkylation sites (tertiary alicyclic amines) is 1. The van der Waals surface area contributed by atoms with Gasteiger partial charge in [-0.25, -0.2) is 0 Å². The fourth-order valence-electron chi connectivity index (χ4n) is 6.48. The van der Waals surface area contributed by atoms with Crippen LogP contribution in [0, 0.1) is 5.92 Å². The van der Waals surface area contributed by atoms with Crippen LogP contribution in [0.1, 0.15) is 103 Å². The van der Waals surface area contributed by atoms with Gasteiger partial charge >= 0.3 is 0 Å². The van der Waals surface area contributed by atoms with E-state index in [1.54, 1.807) is 11.1 Å². The first-order valence-corrected chi connectivity index (χ1v) is 15.1. The number of carbonyl (C=O) groups excluding carboxylic acids is 1. The minimum Gasteiger partial charge on any atom is -0.300 e. The third-order valence-corrected chi connectivity index (χ3v) is 9.35. The molecule has 1 aliphatic heterocycles. The molecule has 4 aliphatic rings. The minimum absolute atomic E-state index is 0.230. The quantitative estimate of drug-likeness (QED) is 0.292. The highest BCUT2D eigenvalue weighted by atomic mass is 79.9. The lowest BCUT2D eigenvalue weighted by atomic mass is 9.84. The average molecular weight is 537 g/mol.